The van der Waals surface area contributed by atoms with Gasteiger partial charge in [0.15, 0.2) is 0 Å². The van der Waals surface area contributed by atoms with Gasteiger partial charge in [-0.25, -0.2) is 0 Å². The average Bonchev–Trinajstić information content (AvgIpc) is 2.32. The van der Waals surface area contributed by atoms with Crippen LogP contribution in [0.1, 0.15) is 0 Å². The van der Waals surface area contributed by atoms with Gasteiger partial charge in [0.25, 0.3) is 17.7 Å². The van der Waals surface area contributed by atoms with E-state index < -0.39 is 85.4 Å². The summed E-state index contributed by atoms with van der Waals surface area (Å²) in [7, 11) is -25.4. The fraction of sp³-hybridized carbons (Fsp3) is 1.00. The zero-order valence-corrected chi connectivity index (χ0v) is 27.3. The number of hydrogen-bond acceptors (Lipinski definition) is 0. The summed E-state index contributed by atoms with van der Waals surface area (Å²) in [5, 5.41) is 0. The van der Waals surface area contributed by atoms with Crippen LogP contribution in [0.15, 0.2) is 0 Å². The molecule has 0 unspecified atom stereocenters. The molecule has 0 aliphatic rings. The molecular weight excluding hydrogens is 976 g/mol. The van der Waals surface area contributed by atoms with Gasteiger partial charge in [0, 0.05) is 50.1 Å². The zero-order chi connectivity index (χ0) is 23.4. The van der Waals surface area contributed by atoms with E-state index in [9.17, 15) is 58.8 Å². The smallest absolute Gasteiger partial charge is 0.0219 e. The molecule has 0 radical (unpaired) electrons. The maximum absolute atomic E-state index is 11.4. The van der Waals surface area contributed by atoms with Gasteiger partial charge in [-0.15, -0.1) is 0 Å². The van der Waals surface area contributed by atoms with Crippen LogP contribution in [0.2, 0.25) is 0 Å². The van der Waals surface area contributed by atoms with Gasteiger partial charge >= 0.3 is 59.8 Å². The molecule has 0 aromatic heterocycles. The van der Waals surface area contributed by atoms with Crippen LogP contribution in [0.25, 0.3) is 0 Å². The molecule has 0 rings (SSSR count). The first-order valence-corrected chi connectivity index (χ1v) is 19.4. The summed E-state index contributed by atoms with van der Waals surface area (Å²) in [5.41, 5.74) is 0. The minimum absolute atomic E-state index is 0. The van der Waals surface area contributed by atoms with E-state index in [1.54, 1.807) is 0 Å². The SMILES string of the molecule is C[PH+](C)C[PH+](F)F.F[PH+](F)C[PH+](F)F.F[PH+](F)C[PH+](F)F.F[PH+](F)C[PH+](F)F.[Pt].[Pt]. The van der Waals surface area contributed by atoms with Crippen molar-refractivity contribution in [3.05, 3.63) is 0 Å². The Morgan fingerprint density at radius 2 is 0.467 bits per heavy atom. The van der Waals surface area contributed by atoms with E-state index in [0.717, 1.165) is 0 Å². The van der Waals surface area contributed by atoms with Gasteiger partial charge in [0.2, 0.25) is 5.90 Å². The maximum atomic E-state index is 11.4. The Kier molecular flexibility index (Phi) is 51.5. The molecule has 0 aromatic carbocycles. The van der Waals surface area contributed by atoms with Crippen LogP contribution in [0.4, 0.5) is 58.8 Å². The van der Waals surface area contributed by atoms with E-state index in [1.165, 1.54) is 0 Å². The van der Waals surface area contributed by atoms with E-state index in [1.807, 2.05) is 13.3 Å². The summed E-state index contributed by atoms with van der Waals surface area (Å²) in [4.78, 5) is 0. The molecule has 0 fully saturated rings. The van der Waals surface area contributed by atoms with Crippen molar-refractivity contribution in [2.75, 3.05) is 36.9 Å². The number of rotatable bonds is 8. The van der Waals surface area contributed by atoms with Gasteiger partial charge in [0.05, 0.1) is 13.3 Å². The maximum Gasteiger partial charge on any atom is 0.418 e. The molecule has 24 heteroatoms. The van der Waals surface area contributed by atoms with E-state index in [0.29, 0.717) is 0 Å². The minimum atomic E-state index is -3.64. The van der Waals surface area contributed by atoms with Crippen molar-refractivity contribution >= 4 is 67.7 Å². The Bertz CT molecular complexity index is 226. The van der Waals surface area contributed by atoms with Crippen molar-refractivity contribution in [1.82, 2.24) is 0 Å². The van der Waals surface area contributed by atoms with Crippen LogP contribution in [0.5, 0.6) is 0 Å². The Balaban J connectivity index is -0.0000000626. The summed E-state index contributed by atoms with van der Waals surface area (Å²) >= 11 is 0. The Morgan fingerprint density at radius 1 is 0.333 bits per heavy atom. The van der Waals surface area contributed by atoms with Crippen LogP contribution in [0.3, 0.4) is 0 Å². The van der Waals surface area contributed by atoms with Crippen LogP contribution in [0, 0.1) is 0 Å². The molecule has 0 bridgehead atoms. The Morgan fingerprint density at radius 3 is 0.467 bits per heavy atom. The first-order valence-electron chi connectivity index (χ1n) is 6.47. The van der Waals surface area contributed by atoms with Crippen molar-refractivity contribution in [3.8, 4) is 0 Å². The Hall–Kier alpha value is 3.84. The fourth-order valence-electron chi connectivity index (χ4n) is 0.570. The molecule has 196 valence electrons. The molecule has 0 amide bonds. The van der Waals surface area contributed by atoms with Gasteiger partial charge in [-0.1, -0.05) is 0 Å². The van der Waals surface area contributed by atoms with E-state index in [-0.39, 0.29) is 48.0 Å². The Labute approximate surface area is 204 Å². The second-order valence-electron chi connectivity index (χ2n) is 4.29. The van der Waals surface area contributed by atoms with Crippen LogP contribution in [-0.2, 0) is 42.1 Å². The summed E-state index contributed by atoms with van der Waals surface area (Å²) in [6.45, 7) is 3.82. The summed E-state index contributed by atoms with van der Waals surface area (Å²) in [5.74, 6) is -3.07. The summed E-state index contributed by atoms with van der Waals surface area (Å²) in [6.07, 6.45) is 0. The first-order chi connectivity index (χ1) is 12.5. The van der Waals surface area contributed by atoms with Gasteiger partial charge in [0.1, 0.15) is 0 Å². The minimum Gasteiger partial charge on any atom is -0.0219 e. The van der Waals surface area contributed by atoms with Crippen LogP contribution >= 0.6 is 67.7 Å². The topological polar surface area (TPSA) is 0 Å². The standard InChI is InChI=1S/C3H8F2P2.3CH2F4P2.2Pt/c1-6(2)3-7(4)5;3*2-6(3)1-7(4)5;;/h3H2,1-2H3;3*1H2;;/p+8. The van der Waals surface area contributed by atoms with Gasteiger partial charge in [-0.2, -0.15) is 0 Å². The fourth-order valence-corrected chi connectivity index (χ4v) is 5.13. The molecule has 0 spiro atoms. The number of halogens is 14. The molecule has 0 atom stereocenters. The second-order valence-corrected chi connectivity index (χ2v) is 17.1. The summed E-state index contributed by atoms with van der Waals surface area (Å²) < 4.78 is 154. The molecule has 30 heavy (non-hydrogen) atoms. The molecule has 0 nitrogen and oxygen atoms in total. The van der Waals surface area contributed by atoms with Crippen molar-refractivity contribution in [2.45, 2.75) is 0 Å². The normalized spacial score (nSPS) is 10.4. The first kappa shape index (κ1) is 47.1. The van der Waals surface area contributed by atoms with Crippen molar-refractivity contribution in [2.24, 2.45) is 0 Å². The molecule has 0 aliphatic heterocycles. The van der Waals surface area contributed by atoms with Gasteiger partial charge in [-0.05, 0) is 58.8 Å². The van der Waals surface area contributed by atoms with Crippen LogP contribution in [-0.4, -0.2) is 36.9 Å². The van der Waals surface area contributed by atoms with E-state index >= 15 is 0 Å². The molecule has 0 aromatic rings. The predicted molar refractivity (Wildman–Crippen MR) is 113 cm³/mol. The molecular formula is C6H22F14P8Pt2+8. The van der Waals surface area contributed by atoms with Gasteiger partial charge in [-0.3, -0.25) is 0 Å². The molecule has 0 saturated heterocycles. The third-order valence-corrected chi connectivity index (χ3v) is 11.6. The number of hydrogen-bond donors (Lipinski definition) is 0. The summed E-state index contributed by atoms with van der Waals surface area (Å²) in [6, 6.07) is 0. The predicted octanol–water partition coefficient (Wildman–Crippen LogP) is 11.1. The average molecular weight is 998 g/mol. The molecule has 0 aliphatic carbocycles. The van der Waals surface area contributed by atoms with Gasteiger partial charge < -0.3 is 0 Å². The molecule has 0 saturated carbocycles. The van der Waals surface area contributed by atoms with Crippen LogP contribution < -0.4 is 0 Å². The van der Waals surface area contributed by atoms with E-state index in [2.05, 4.69) is 0 Å². The second kappa shape index (κ2) is 32.8. The molecule has 0 N–H and O–H groups in total. The van der Waals surface area contributed by atoms with Crippen molar-refractivity contribution in [1.29, 1.82) is 0 Å². The third-order valence-electron chi connectivity index (χ3n) is 1.29. The monoisotopic (exact) mass is 998 g/mol. The third kappa shape index (κ3) is 76.9. The van der Waals surface area contributed by atoms with Crippen molar-refractivity contribution < 1.29 is 101 Å². The molecule has 0 heterocycles. The quantitative estimate of drug-likeness (QED) is 0.168. The largest absolute Gasteiger partial charge is 0.418 e. The van der Waals surface area contributed by atoms with Crippen molar-refractivity contribution in [3.63, 3.8) is 0 Å². The zero-order valence-electron chi connectivity index (χ0n) is 14.8. The van der Waals surface area contributed by atoms with E-state index in [4.69, 9.17) is 0 Å².